The van der Waals surface area contributed by atoms with Gasteiger partial charge in [-0.2, -0.15) is 0 Å². The molecule has 1 aromatic rings. The van der Waals surface area contributed by atoms with Crippen LogP contribution < -0.4 is 0 Å². The van der Waals surface area contributed by atoms with E-state index in [1.807, 2.05) is 0 Å². The highest BCUT2D eigenvalue weighted by atomic mass is 32.1. The molecule has 0 atom stereocenters. The second kappa shape index (κ2) is 4.66. The molecule has 7 nitrogen and oxygen atoms in total. The minimum atomic E-state index is -4.93. The van der Waals surface area contributed by atoms with Crippen molar-refractivity contribution in [1.82, 2.24) is 4.98 Å². The van der Waals surface area contributed by atoms with Gasteiger partial charge in [0, 0.05) is 11.1 Å². The molecule has 0 amide bonds. The lowest BCUT2D eigenvalue weighted by atomic mass is 10.4. The SMILES string of the molecule is CCc1cnc(C(P(=O)(O)O)P(=O)(O)O)s1. The summed E-state index contributed by atoms with van der Waals surface area (Å²) < 4.78 is 22.1. The molecule has 92 valence electrons. The molecule has 16 heavy (non-hydrogen) atoms. The molecule has 0 saturated carbocycles. The largest absolute Gasteiger partial charge is 0.347 e. The molecule has 0 aliphatic rings. The van der Waals surface area contributed by atoms with Crippen LogP contribution in [0.1, 0.15) is 22.2 Å². The maximum Gasteiger partial charge on any atom is 0.347 e. The zero-order chi connectivity index (χ0) is 12.6. The van der Waals surface area contributed by atoms with Gasteiger partial charge < -0.3 is 19.6 Å². The molecule has 0 unspecified atom stereocenters. The number of hydrogen-bond acceptors (Lipinski definition) is 4. The average molecular weight is 287 g/mol. The summed E-state index contributed by atoms with van der Waals surface area (Å²) in [5, 5.41) is -2.37. The van der Waals surface area contributed by atoms with Crippen molar-refractivity contribution < 1.29 is 28.7 Å². The molecular weight excluding hydrogens is 276 g/mol. The molecule has 0 bridgehead atoms. The maximum absolute atomic E-state index is 11.0. The molecule has 0 aromatic carbocycles. The van der Waals surface area contributed by atoms with E-state index in [1.54, 1.807) is 6.92 Å². The summed E-state index contributed by atoms with van der Waals surface area (Å²) in [4.78, 5) is 40.1. The monoisotopic (exact) mass is 287 g/mol. The van der Waals surface area contributed by atoms with Crippen LogP contribution in [0.15, 0.2) is 6.20 Å². The van der Waals surface area contributed by atoms with Crippen molar-refractivity contribution in [3.05, 3.63) is 16.1 Å². The molecule has 0 saturated heterocycles. The lowest BCUT2D eigenvalue weighted by Gasteiger charge is -2.16. The van der Waals surface area contributed by atoms with E-state index in [0.29, 0.717) is 11.3 Å². The van der Waals surface area contributed by atoms with Gasteiger partial charge in [-0.05, 0) is 6.42 Å². The van der Waals surface area contributed by atoms with Crippen molar-refractivity contribution in [2.45, 2.75) is 18.7 Å². The zero-order valence-corrected chi connectivity index (χ0v) is 10.8. The quantitative estimate of drug-likeness (QED) is 0.609. The van der Waals surface area contributed by atoms with Crippen LogP contribution in [0.25, 0.3) is 0 Å². The number of rotatable bonds is 4. The summed E-state index contributed by atoms with van der Waals surface area (Å²) in [5.41, 5.74) is 0. The highest BCUT2D eigenvalue weighted by molar-refractivity contribution is 7.70. The van der Waals surface area contributed by atoms with Gasteiger partial charge in [-0.1, -0.05) is 6.92 Å². The highest BCUT2D eigenvalue weighted by Gasteiger charge is 2.46. The third-order valence-corrected chi connectivity index (χ3v) is 6.90. The first-order valence-corrected chi connectivity index (χ1v) is 8.39. The van der Waals surface area contributed by atoms with Gasteiger partial charge in [-0.25, -0.2) is 4.98 Å². The lowest BCUT2D eigenvalue weighted by molar-refractivity contribution is 0.340. The Morgan fingerprint density at radius 2 is 1.81 bits per heavy atom. The average Bonchev–Trinajstić information content (AvgIpc) is 2.47. The minimum Gasteiger partial charge on any atom is -0.323 e. The van der Waals surface area contributed by atoms with Gasteiger partial charge in [0.15, 0.2) is 0 Å². The fourth-order valence-corrected chi connectivity index (χ4v) is 5.23. The summed E-state index contributed by atoms with van der Waals surface area (Å²) in [6.45, 7) is 1.81. The Hall–Kier alpha value is -0.0700. The van der Waals surface area contributed by atoms with Crippen molar-refractivity contribution in [3.8, 4) is 0 Å². The van der Waals surface area contributed by atoms with Gasteiger partial charge in [-0.15, -0.1) is 11.3 Å². The van der Waals surface area contributed by atoms with Crippen LogP contribution in [-0.2, 0) is 15.6 Å². The van der Waals surface area contributed by atoms with E-state index >= 15 is 0 Å². The smallest absolute Gasteiger partial charge is 0.323 e. The molecule has 4 N–H and O–H groups in total. The number of aryl methyl sites for hydroxylation is 1. The predicted octanol–water partition coefficient (Wildman–Crippen LogP) is 1.06. The Kier molecular flexibility index (Phi) is 4.08. The molecular formula is C6H11NO6P2S. The maximum atomic E-state index is 11.0. The van der Waals surface area contributed by atoms with Gasteiger partial charge in [0.2, 0.25) is 5.40 Å². The molecule has 0 aliphatic heterocycles. The van der Waals surface area contributed by atoms with E-state index in [9.17, 15) is 9.13 Å². The summed E-state index contributed by atoms with van der Waals surface area (Å²) >= 11 is 0.899. The Bertz CT molecular complexity index is 439. The van der Waals surface area contributed by atoms with Crippen LogP contribution in [0.3, 0.4) is 0 Å². The van der Waals surface area contributed by atoms with E-state index < -0.39 is 20.6 Å². The normalized spacial score (nSPS) is 13.4. The van der Waals surface area contributed by atoms with Gasteiger partial charge in [0.05, 0.1) is 0 Å². The van der Waals surface area contributed by atoms with Crippen molar-refractivity contribution in [3.63, 3.8) is 0 Å². The summed E-state index contributed by atoms with van der Waals surface area (Å²) in [6, 6.07) is 0. The molecule has 1 aromatic heterocycles. The van der Waals surface area contributed by atoms with Gasteiger partial charge >= 0.3 is 15.2 Å². The minimum absolute atomic E-state index is 0.224. The summed E-state index contributed by atoms with van der Waals surface area (Å²) in [7, 11) is -9.86. The third-order valence-electron chi connectivity index (χ3n) is 1.78. The summed E-state index contributed by atoms with van der Waals surface area (Å²) in [6.07, 6.45) is 1.95. The van der Waals surface area contributed by atoms with Crippen LogP contribution in [0.4, 0.5) is 0 Å². The lowest BCUT2D eigenvalue weighted by Crippen LogP contribution is -2.00. The van der Waals surface area contributed by atoms with Crippen LogP contribution in [-0.4, -0.2) is 24.6 Å². The van der Waals surface area contributed by atoms with E-state index in [2.05, 4.69) is 4.98 Å². The first kappa shape index (κ1) is 14.0. The zero-order valence-electron chi connectivity index (χ0n) is 8.22. The summed E-state index contributed by atoms with van der Waals surface area (Å²) in [5.74, 6) is 0. The number of aromatic nitrogens is 1. The fraction of sp³-hybridized carbons (Fsp3) is 0.500. The van der Waals surface area contributed by atoms with Gasteiger partial charge in [0.1, 0.15) is 5.01 Å². The molecule has 10 heteroatoms. The van der Waals surface area contributed by atoms with Crippen LogP contribution in [0.5, 0.6) is 0 Å². The molecule has 0 aliphatic carbocycles. The fourth-order valence-electron chi connectivity index (χ4n) is 1.09. The molecule has 0 spiro atoms. The first-order chi connectivity index (χ1) is 7.16. The van der Waals surface area contributed by atoms with Crippen molar-refractivity contribution in [2.75, 3.05) is 0 Å². The Morgan fingerprint density at radius 1 is 1.31 bits per heavy atom. The van der Waals surface area contributed by atoms with E-state index in [4.69, 9.17) is 19.6 Å². The standard InChI is InChI=1S/C6H11NO6P2S/c1-2-4-3-7-5(16-4)6(14(8,9)10)15(11,12)13/h3,6H,2H2,1H3,(H2,8,9,10)(H2,11,12,13). The Balaban J connectivity index is 3.23. The van der Waals surface area contributed by atoms with E-state index in [-0.39, 0.29) is 5.01 Å². The van der Waals surface area contributed by atoms with Crippen LogP contribution in [0, 0.1) is 0 Å². The van der Waals surface area contributed by atoms with Gasteiger partial charge in [-0.3, -0.25) is 9.13 Å². The van der Waals surface area contributed by atoms with Crippen molar-refractivity contribution >= 4 is 26.5 Å². The van der Waals surface area contributed by atoms with Crippen LogP contribution in [0.2, 0.25) is 0 Å². The molecule has 1 heterocycles. The van der Waals surface area contributed by atoms with E-state index in [1.165, 1.54) is 6.20 Å². The molecule has 0 fully saturated rings. The second-order valence-electron chi connectivity index (χ2n) is 3.07. The van der Waals surface area contributed by atoms with Crippen molar-refractivity contribution in [1.29, 1.82) is 0 Å². The number of nitrogens with zero attached hydrogens (tertiary/aromatic N) is 1. The van der Waals surface area contributed by atoms with Crippen LogP contribution >= 0.6 is 26.5 Å². The first-order valence-electron chi connectivity index (χ1n) is 4.21. The number of thiazole rings is 1. The molecule has 0 radical (unpaired) electrons. The third kappa shape index (κ3) is 3.21. The van der Waals surface area contributed by atoms with E-state index in [0.717, 1.165) is 11.3 Å². The predicted molar refractivity (Wildman–Crippen MR) is 58.3 cm³/mol. The van der Waals surface area contributed by atoms with Gasteiger partial charge in [0.25, 0.3) is 0 Å². The topological polar surface area (TPSA) is 128 Å². The number of hydrogen-bond donors (Lipinski definition) is 4. The molecule has 1 rings (SSSR count). The Labute approximate surface area is 95.5 Å². The second-order valence-corrected chi connectivity index (χ2v) is 8.01. The Morgan fingerprint density at radius 3 is 2.12 bits per heavy atom. The highest BCUT2D eigenvalue weighted by Crippen LogP contribution is 2.70. The van der Waals surface area contributed by atoms with Crippen molar-refractivity contribution in [2.24, 2.45) is 0 Å².